The zero-order valence-corrected chi connectivity index (χ0v) is 30.3. The van der Waals surface area contributed by atoms with Gasteiger partial charge in [-0.15, -0.1) is 0 Å². The van der Waals surface area contributed by atoms with Gasteiger partial charge in [0.2, 0.25) is 5.91 Å². The van der Waals surface area contributed by atoms with Gasteiger partial charge >= 0.3 is 0 Å². The average Bonchev–Trinajstić information content (AvgIpc) is 3.72. The molecule has 0 saturated carbocycles. The van der Waals surface area contributed by atoms with Crippen molar-refractivity contribution in [3.8, 4) is 28.1 Å². The van der Waals surface area contributed by atoms with Crippen LogP contribution in [0.3, 0.4) is 0 Å². The third-order valence-electron chi connectivity index (χ3n) is 9.64. The Morgan fingerprint density at radius 1 is 1.06 bits per heavy atom. The summed E-state index contributed by atoms with van der Waals surface area (Å²) in [6.45, 7) is 3.29. The van der Waals surface area contributed by atoms with Crippen LogP contribution >= 0.6 is 23.2 Å². The molecule has 5 aromatic rings. The first-order chi connectivity index (χ1) is 25.2. The van der Waals surface area contributed by atoms with Gasteiger partial charge in [-0.25, -0.2) is 9.37 Å². The number of nitrogens with one attached hydrogen (secondary N) is 3. The molecule has 0 bridgehead atoms. The van der Waals surface area contributed by atoms with E-state index in [0.717, 1.165) is 47.5 Å². The molecular weight excluding hydrogens is 704 g/mol. The monoisotopic (exact) mass is 741 g/mol. The van der Waals surface area contributed by atoms with Crippen molar-refractivity contribution in [1.82, 2.24) is 30.1 Å². The molecule has 2 amide bonds. The van der Waals surface area contributed by atoms with Crippen LogP contribution in [-0.2, 0) is 37.9 Å². The molecule has 1 fully saturated rings. The van der Waals surface area contributed by atoms with Gasteiger partial charge < -0.3 is 25.3 Å². The maximum atomic E-state index is 13.6. The highest BCUT2D eigenvalue weighted by atomic mass is 35.5. The van der Waals surface area contributed by atoms with Gasteiger partial charge in [-0.05, 0) is 42.3 Å². The number of pyridine rings is 1. The summed E-state index contributed by atoms with van der Waals surface area (Å²) in [7, 11) is 3.47. The smallest absolute Gasteiger partial charge is 0.291 e. The molecule has 52 heavy (non-hydrogen) atoms. The Morgan fingerprint density at radius 2 is 1.87 bits per heavy atom. The van der Waals surface area contributed by atoms with Crippen molar-refractivity contribution < 1.29 is 18.7 Å². The molecule has 3 N–H and O–H groups in total. The molecule has 0 radical (unpaired) electrons. The minimum absolute atomic E-state index is 0.0923. The van der Waals surface area contributed by atoms with Gasteiger partial charge in [0.05, 0.1) is 34.2 Å². The Kier molecular flexibility index (Phi) is 10.6. The number of benzene rings is 3. The van der Waals surface area contributed by atoms with E-state index < -0.39 is 0 Å². The molecule has 4 heterocycles. The van der Waals surface area contributed by atoms with Crippen molar-refractivity contribution in [2.75, 3.05) is 25.5 Å². The molecule has 3 aromatic carbocycles. The van der Waals surface area contributed by atoms with Crippen molar-refractivity contribution >= 4 is 40.7 Å². The number of amides is 2. The molecule has 1 atom stereocenters. The number of imidazole rings is 1. The van der Waals surface area contributed by atoms with E-state index in [4.69, 9.17) is 32.9 Å². The third kappa shape index (κ3) is 7.54. The Labute approximate surface area is 311 Å². The summed E-state index contributed by atoms with van der Waals surface area (Å²) in [6.07, 6.45) is 3.80. The summed E-state index contributed by atoms with van der Waals surface area (Å²) in [5, 5.41) is 10.1. The molecule has 2 aliphatic heterocycles. The zero-order chi connectivity index (χ0) is 36.4. The standard InChI is InChI=1S/C39H38Cl2FN7O3/c1-48-32-15-17-49(21-23-6-10-26(42)11-7-23)22-31(32)46-38(48)39(51)47-30-5-3-4-28(35(30)40)29-14-16-44-37(36(29)41)24-8-9-25(33(18-24)52-2)19-43-20-27-12-13-34(50)45-27/h3-11,14,16,18,27,43H,12-13,15,17,19-22H2,1-2H3,(H,45,50)(H,47,51)/t27-/m1/s1. The van der Waals surface area contributed by atoms with Crippen molar-refractivity contribution in [2.45, 2.75) is 44.9 Å². The van der Waals surface area contributed by atoms with Crippen LogP contribution in [0.5, 0.6) is 5.75 Å². The largest absolute Gasteiger partial charge is 0.496 e. The van der Waals surface area contributed by atoms with E-state index in [0.29, 0.717) is 70.9 Å². The normalized spacial score (nSPS) is 15.7. The second-order valence-electron chi connectivity index (χ2n) is 13.1. The van der Waals surface area contributed by atoms with Crippen LogP contribution in [0, 0.1) is 5.82 Å². The number of hydrogen-bond acceptors (Lipinski definition) is 7. The Balaban J connectivity index is 1.06. The van der Waals surface area contributed by atoms with E-state index in [1.54, 1.807) is 37.6 Å². The number of hydrogen-bond donors (Lipinski definition) is 3. The fourth-order valence-corrected chi connectivity index (χ4v) is 7.48. The minimum atomic E-state index is -0.378. The quantitative estimate of drug-likeness (QED) is 0.137. The summed E-state index contributed by atoms with van der Waals surface area (Å²) in [6, 6.07) is 19.7. The molecule has 7 rings (SSSR count). The number of fused-ring (bicyclic) bond motifs is 1. The molecule has 0 unspecified atom stereocenters. The lowest BCUT2D eigenvalue weighted by Gasteiger charge is -2.26. The summed E-state index contributed by atoms with van der Waals surface area (Å²) in [4.78, 5) is 36.7. The van der Waals surface area contributed by atoms with E-state index >= 15 is 0 Å². The highest BCUT2D eigenvalue weighted by molar-refractivity contribution is 6.39. The van der Waals surface area contributed by atoms with Crippen LogP contribution < -0.4 is 20.7 Å². The molecule has 10 nitrogen and oxygen atoms in total. The topological polar surface area (TPSA) is 113 Å². The maximum Gasteiger partial charge on any atom is 0.291 e. The van der Waals surface area contributed by atoms with Gasteiger partial charge in [0.15, 0.2) is 5.82 Å². The average molecular weight is 743 g/mol. The van der Waals surface area contributed by atoms with Gasteiger partial charge in [-0.2, -0.15) is 0 Å². The lowest BCUT2D eigenvalue weighted by Crippen LogP contribution is -2.35. The highest BCUT2D eigenvalue weighted by Crippen LogP contribution is 2.41. The lowest BCUT2D eigenvalue weighted by atomic mass is 10.0. The molecule has 0 spiro atoms. The molecule has 0 aliphatic carbocycles. The summed E-state index contributed by atoms with van der Waals surface area (Å²) in [5.74, 6) is 0.428. The van der Waals surface area contributed by atoms with E-state index in [1.165, 1.54) is 12.1 Å². The first kappa shape index (κ1) is 35.6. The van der Waals surface area contributed by atoms with Crippen LogP contribution in [-0.4, -0.2) is 57.5 Å². The van der Waals surface area contributed by atoms with Crippen molar-refractivity contribution in [3.63, 3.8) is 0 Å². The van der Waals surface area contributed by atoms with Gasteiger partial charge in [-0.1, -0.05) is 59.6 Å². The molecule has 1 saturated heterocycles. The fourth-order valence-electron chi connectivity index (χ4n) is 6.89. The lowest BCUT2D eigenvalue weighted by molar-refractivity contribution is -0.119. The van der Waals surface area contributed by atoms with Crippen LogP contribution in [0.4, 0.5) is 10.1 Å². The van der Waals surface area contributed by atoms with Crippen LogP contribution in [0.25, 0.3) is 22.4 Å². The number of methoxy groups -OCH3 is 1. The second kappa shape index (κ2) is 15.4. The Bertz CT molecular complexity index is 2140. The van der Waals surface area contributed by atoms with Crippen molar-refractivity contribution in [1.29, 1.82) is 0 Å². The Hall–Kier alpha value is -4.81. The maximum absolute atomic E-state index is 13.6. The molecule has 13 heteroatoms. The number of nitrogens with zero attached hydrogens (tertiary/aromatic N) is 4. The van der Waals surface area contributed by atoms with Crippen molar-refractivity contribution in [3.05, 3.63) is 117 Å². The number of anilines is 1. The number of rotatable bonds is 11. The minimum Gasteiger partial charge on any atom is -0.496 e. The van der Waals surface area contributed by atoms with E-state index in [-0.39, 0.29) is 29.5 Å². The van der Waals surface area contributed by atoms with Gasteiger partial charge in [-0.3, -0.25) is 19.5 Å². The first-order valence-corrected chi connectivity index (χ1v) is 17.9. The Morgan fingerprint density at radius 3 is 2.63 bits per heavy atom. The number of carbonyl (C=O) groups excluding carboxylic acids is 2. The van der Waals surface area contributed by atoms with E-state index in [9.17, 15) is 14.0 Å². The van der Waals surface area contributed by atoms with Gasteiger partial charge in [0.1, 0.15) is 11.6 Å². The van der Waals surface area contributed by atoms with Gasteiger partial charge in [0, 0.05) is 92.8 Å². The summed E-state index contributed by atoms with van der Waals surface area (Å²) in [5.41, 5.74) is 6.88. The molecular formula is C39H38Cl2FN7O3. The third-order valence-corrected chi connectivity index (χ3v) is 10.4. The van der Waals surface area contributed by atoms with E-state index in [1.807, 2.05) is 41.9 Å². The number of ether oxygens (including phenoxy) is 1. The molecule has 2 aromatic heterocycles. The van der Waals surface area contributed by atoms with Crippen LogP contribution in [0.2, 0.25) is 10.0 Å². The number of carbonyl (C=O) groups is 2. The fraction of sp³-hybridized carbons (Fsp3) is 0.282. The van der Waals surface area contributed by atoms with Crippen molar-refractivity contribution in [2.24, 2.45) is 7.05 Å². The number of halogens is 3. The van der Waals surface area contributed by atoms with E-state index in [2.05, 4.69) is 25.8 Å². The van der Waals surface area contributed by atoms with Crippen LogP contribution in [0.15, 0.2) is 72.9 Å². The molecule has 268 valence electrons. The molecule has 2 aliphatic rings. The predicted octanol–water partition coefficient (Wildman–Crippen LogP) is 6.78. The number of aromatic nitrogens is 3. The zero-order valence-electron chi connectivity index (χ0n) is 28.8. The SMILES string of the molecule is COc1cc(-c2nccc(-c3cccc(NC(=O)c4nc5c(n4C)CCN(Cc4ccc(F)cc4)C5)c3Cl)c2Cl)ccc1CNC[C@H]1CCC(=O)N1. The summed E-state index contributed by atoms with van der Waals surface area (Å²) >= 11 is 14.0. The summed E-state index contributed by atoms with van der Waals surface area (Å²) < 4.78 is 20.9. The highest BCUT2D eigenvalue weighted by Gasteiger charge is 2.26. The second-order valence-corrected chi connectivity index (χ2v) is 13.8. The van der Waals surface area contributed by atoms with Crippen LogP contribution in [0.1, 0.15) is 46.0 Å². The van der Waals surface area contributed by atoms with Gasteiger partial charge in [0.25, 0.3) is 5.91 Å². The predicted molar refractivity (Wildman–Crippen MR) is 200 cm³/mol. The first-order valence-electron chi connectivity index (χ1n) is 17.1.